The number of carboxylic acid groups (broad SMARTS) is 1. The number of hydrogen-bond acceptors (Lipinski definition) is 3. The lowest BCUT2D eigenvalue weighted by molar-refractivity contribution is -0.150. The minimum atomic E-state index is -0.993. The normalized spacial score (nSPS) is 25.4. The first kappa shape index (κ1) is 10.6. The lowest BCUT2D eigenvalue weighted by Gasteiger charge is -2.09. The van der Waals surface area contributed by atoms with Gasteiger partial charge in [0.05, 0.1) is 6.61 Å². The Bertz CT molecular complexity index is 379. The maximum atomic E-state index is 10.6. The van der Waals surface area contributed by atoms with Crippen LogP contribution >= 0.6 is 15.9 Å². The zero-order chi connectivity index (χ0) is 10.8. The van der Waals surface area contributed by atoms with Crippen molar-refractivity contribution in [3.63, 3.8) is 0 Å². The first-order chi connectivity index (χ1) is 7.16. The van der Waals surface area contributed by atoms with E-state index in [2.05, 4.69) is 15.9 Å². The predicted molar refractivity (Wildman–Crippen MR) is 55.3 cm³/mol. The number of halogens is 1. The fourth-order valence-corrected chi connectivity index (χ4v) is 1.78. The van der Waals surface area contributed by atoms with E-state index in [1.54, 1.807) is 0 Å². The molecule has 1 aliphatic heterocycles. The van der Waals surface area contributed by atoms with E-state index in [0.717, 1.165) is 10.0 Å². The highest BCUT2D eigenvalue weighted by molar-refractivity contribution is 9.10. The summed E-state index contributed by atoms with van der Waals surface area (Å²) < 4.78 is 11.4. The van der Waals surface area contributed by atoms with Crippen molar-refractivity contribution < 1.29 is 19.4 Å². The molecule has 2 atom stereocenters. The third-order valence-corrected chi connectivity index (χ3v) is 2.58. The van der Waals surface area contributed by atoms with E-state index in [4.69, 9.17) is 14.6 Å². The molecule has 1 heterocycles. The summed E-state index contributed by atoms with van der Waals surface area (Å²) in [6.07, 6.45) is -1.45. The number of carbonyl (C=O) groups is 1. The van der Waals surface area contributed by atoms with Gasteiger partial charge in [-0.2, -0.15) is 0 Å². The van der Waals surface area contributed by atoms with Crippen molar-refractivity contribution in [2.24, 2.45) is 0 Å². The average Bonchev–Trinajstić information content (AvgIpc) is 2.66. The molecule has 1 saturated heterocycles. The second kappa shape index (κ2) is 4.30. The Morgan fingerprint density at radius 2 is 2.33 bits per heavy atom. The Morgan fingerprint density at radius 3 is 2.93 bits per heavy atom. The van der Waals surface area contributed by atoms with Crippen molar-refractivity contribution in [3.05, 3.63) is 34.3 Å². The van der Waals surface area contributed by atoms with Crippen molar-refractivity contribution in [3.8, 4) is 0 Å². The van der Waals surface area contributed by atoms with Gasteiger partial charge in [0, 0.05) is 10.0 Å². The van der Waals surface area contributed by atoms with Crippen molar-refractivity contribution in [1.29, 1.82) is 0 Å². The lowest BCUT2D eigenvalue weighted by Crippen LogP contribution is -2.21. The van der Waals surface area contributed by atoms with Crippen LogP contribution in [0.3, 0.4) is 0 Å². The zero-order valence-electron chi connectivity index (χ0n) is 7.72. The van der Waals surface area contributed by atoms with E-state index < -0.39 is 18.4 Å². The fraction of sp³-hybridized carbons (Fsp3) is 0.300. The third-order valence-electron chi connectivity index (χ3n) is 2.08. The molecule has 0 radical (unpaired) electrons. The largest absolute Gasteiger partial charge is 0.479 e. The minimum absolute atomic E-state index is 0.0898. The van der Waals surface area contributed by atoms with E-state index in [1.165, 1.54) is 0 Å². The predicted octanol–water partition coefficient (Wildman–Crippen LogP) is 1.95. The van der Waals surface area contributed by atoms with Gasteiger partial charge in [0.15, 0.2) is 12.4 Å². The molecule has 0 aliphatic carbocycles. The fourth-order valence-electron chi connectivity index (χ4n) is 1.36. The molecule has 0 spiro atoms. The topological polar surface area (TPSA) is 55.8 Å². The molecule has 0 bridgehead atoms. The molecule has 2 rings (SSSR count). The van der Waals surface area contributed by atoms with E-state index >= 15 is 0 Å². The Morgan fingerprint density at radius 1 is 1.53 bits per heavy atom. The highest BCUT2D eigenvalue weighted by atomic mass is 79.9. The van der Waals surface area contributed by atoms with E-state index in [0.29, 0.717) is 0 Å². The molecule has 1 aromatic carbocycles. The van der Waals surface area contributed by atoms with Gasteiger partial charge in [-0.1, -0.05) is 28.1 Å². The second-order valence-electron chi connectivity index (χ2n) is 3.18. The Balaban J connectivity index is 2.11. The van der Waals surface area contributed by atoms with E-state index in [1.807, 2.05) is 24.3 Å². The Hall–Kier alpha value is -0.910. The van der Waals surface area contributed by atoms with Gasteiger partial charge in [0.2, 0.25) is 0 Å². The van der Waals surface area contributed by atoms with Gasteiger partial charge >= 0.3 is 5.97 Å². The smallest absolute Gasteiger partial charge is 0.335 e. The van der Waals surface area contributed by atoms with Crippen LogP contribution in [0.25, 0.3) is 0 Å². The molecule has 0 aromatic heterocycles. The molecule has 5 heteroatoms. The highest BCUT2D eigenvalue weighted by Crippen LogP contribution is 2.28. The van der Waals surface area contributed by atoms with Crippen LogP contribution in [0, 0.1) is 0 Å². The molecule has 2 unspecified atom stereocenters. The van der Waals surface area contributed by atoms with Crippen molar-refractivity contribution in [2.45, 2.75) is 12.4 Å². The zero-order valence-corrected chi connectivity index (χ0v) is 9.31. The second-order valence-corrected chi connectivity index (χ2v) is 4.10. The van der Waals surface area contributed by atoms with Crippen molar-refractivity contribution in [2.75, 3.05) is 6.61 Å². The first-order valence-electron chi connectivity index (χ1n) is 4.42. The highest BCUT2D eigenvalue weighted by Gasteiger charge is 2.32. The maximum Gasteiger partial charge on any atom is 0.335 e. The van der Waals surface area contributed by atoms with Gasteiger partial charge < -0.3 is 14.6 Å². The maximum absolute atomic E-state index is 10.6. The molecular weight excluding hydrogens is 264 g/mol. The molecule has 0 amide bonds. The molecule has 15 heavy (non-hydrogen) atoms. The van der Waals surface area contributed by atoms with E-state index in [9.17, 15) is 4.79 Å². The van der Waals surface area contributed by atoms with Gasteiger partial charge in [-0.25, -0.2) is 4.79 Å². The van der Waals surface area contributed by atoms with Crippen LogP contribution in [-0.4, -0.2) is 23.8 Å². The molecule has 1 aromatic rings. The summed E-state index contributed by atoms with van der Waals surface area (Å²) in [6.45, 7) is 0.0898. The summed E-state index contributed by atoms with van der Waals surface area (Å²) in [5.41, 5.74) is 0.813. The molecule has 1 aliphatic rings. The van der Waals surface area contributed by atoms with Crippen LogP contribution in [0.2, 0.25) is 0 Å². The SMILES string of the molecule is O=C(O)C1COC(c2cccc(Br)c2)O1. The van der Waals surface area contributed by atoms with Gasteiger partial charge in [-0.3, -0.25) is 0 Å². The molecule has 1 fully saturated rings. The number of aliphatic carboxylic acids is 1. The molecule has 80 valence electrons. The summed E-state index contributed by atoms with van der Waals surface area (Å²) >= 11 is 3.33. The first-order valence-corrected chi connectivity index (χ1v) is 5.21. The third kappa shape index (κ3) is 2.37. The molecular formula is C10H9BrO4. The summed E-state index contributed by atoms with van der Waals surface area (Å²) in [5, 5.41) is 8.72. The minimum Gasteiger partial charge on any atom is -0.479 e. The quantitative estimate of drug-likeness (QED) is 0.894. The number of benzene rings is 1. The van der Waals surface area contributed by atoms with Crippen LogP contribution < -0.4 is 0 Å². The van der Waals surface area contributed by atoms with Crippen LogP contribution in [0.5, 0.6) is 0 Å². The van der Waals surface area contributed by atoms with Crippen LogP contribution in [0.1, 0.15) is 11.9 Å². The van der Waals surface area contributed by atoms with Crippen LogP contribution in [0.15, 0.2) is 28.7 Å². The Labute approximate surface area is 94.9 Å². The summed E-state index contributed by atoms with van der Waals surface area (Å²) in [5.74, 6) is -0.993. The number of ether oxygens (including phenoxy) is 2. The van der Waals surface area contributed by atoms with Gasteiger partial charge in [0.25, 0.3) is 0 Å². The number of carboxylic acids is 1. The van der Waals surface area contributed by atoms with Gasteiger partial charge in [-0.15, -0.1) is 0 Å². The standard InChI is InChI=1S/C10H9BrO4/c11-7-3-1-2-6(4-7)10-14-5-8(15-10)9(12)13/h1-4,8,10H,5H2,(H,12,13). The van der Waals surface area contributed by atoms with Gasteiger partial charge in [-0.05, 0) is 12.1 Å². The molecule has 4 nitrogen and oxygen atoms in total. The van der Waals surface area contributed by atoms with Crippen LogP contribution in [0.4, 0.5) is 0 Å². The molecule has 1 N–H and O–H groups in total. The van der Waals surface area contributed by atoms with Crippen LogP contribution in [-0.2, 0) is 14.3 Å². The summed E-state index contributed by atoms with van der Waals surface area (Å²) in [6, 6.07) is 7.40. The number of rotatable bonds is 2. The Kier molecular flexibility index (Phi) is 3.04. The monoisotopic (exact) mass is 272 g/mol. The lowest BCUT2D eigenvalue weighted by atomic mass is 10.2. The molecule has 0 saturated carbocycles. The van der Waals surface area contributed by atoms with Crippen molar-refractivity contribution in [1.82, 2.24) is 0 Å². The number of hydrogen-bond donors (Lipinski definition) is 1. The van der Waals surface area contributed by atoms with E-state index in [-0.39, 0.29) is 6.61 Å². The van der Waals surface area contributed by atoms with Crippen molar-refractivity contribution >= 4 is 21.9 Å². The average molecular weight is 273 g/mol. The van der Waals surface area contributed by atoms with Gasteiger partial charge in [0.1, 0.15) is 0 Å². The summed E-state index contributed by atoms with van der Waals surface area (Å²) in [7, 11) is 0. The summed E-state index contributed by atoms with van der Waals surface area (Å²) in [4.78, 5) is 10.6.